The first kappa shape index (κ1) is 26.9. The Morgan fingerprint density at radius 3 is 1.95 bits per heavy atom. The first-order chi connectivity index (χ1) is 17.9. The SMILES string of the molecule is C[C@@H](NC(=O)NC1CCC(CCN(C)Cc2ccccc2)CC1)C(O)(c1ccccc1)c1ccccc1. The Hall–Kier alpha value is -3.15. The number of hydrogen-bond donors (Lipinski definition) is 3. The maximum Gasteiger partial charge on any atom is 0.315 e. The smallest absolute Gasteiger partial charge is 0.315 e. The average molecular weight is 500 g/mol. The molecule has 3 aromatic carbocycles. The van der Waals surface area contributed by atoms with E-state index in [9.17, 15) is 9.90 Å². The van der Waals surface area contributed by atoms with E-state index in [0.717, 1.165) is 49.9 Å². The molecule has 0 spiro atoms. The van der Waals surface area contributed by atoms with Gasteiger partial charge in [-0.3, -0.25) is 0 Å². The summed E-state index contributed by atoms with van der Waals surface area (Å²) in [4.78, 5) is 15.4. The topological polar surface area (TPSA) is 64.6 Å². The van der Waals surface area contributed by atoms with Crippen molar-refractivity contribution in [1.29, 1.82) is 0 Å². The highest BCUT2D eigenvalue weighted by atomic mass is 16.3. The standard InChI is InChI=1S/C32H41N3O2/c1-25(32(37,28-14-8-4-9-15-28)29-16-10-5-11-17-29)33-31(36)34-30-20-18-26(19-21-30)22-23-35(2)24-27-12-6-3-7-13-27/h3-17,25-26,30,37H,18-24H2,1-2H3,(H2,33,34,36)/t25-,26?,30?/m1/s1. The number of nitrogens with zero attached hydrogens (tertiary/aromatic N) is 1. The molecule has 2 amide bonds. The van der Waals surface area contributed by atoms with E-state index in [1.165, 1.54) is 12.0 Å². The second kappa shape index (κ2) is 12.9. The molecule has 0 bridgehead atoms. The Morgan fingerprint density at radius 1 is 0.892 bits per heavy atom. The number of aliphatic hydroxyl groups is 1. The van der Waals surface area contributed by atoms with Gasteiger partial charge in [-0.25, -0.2) is 4.79 Å². The Kier molecular flexibility index (Phi) is 9.37. The number of carbonyl (C=O) groups is 1. The summed E-state index contributed by atoms with van der Waals surface area (Å²) >= 11 is 0. The summed E-state index contributed by atoms with van der Waals surface area (Å²) in [7, 11) is 2.19. The van der Waals surface area contributed by atoms with Crippen molar-refractivity contribution in [3.05, 3.63) is 108 Å². The molecule has 1 fully saturated rings. The lowest BCUT2D eigenvalue weighted by atomic mass is 9.81. The van der Waals surface area contributed by atoms with Crippen LogP contribution < -0.4 is 10.6 Å². The van der Waals surface area contributed by atoms with Gasteiger partial charge < -0.3 is 20.6 Å². The average Bonchev–Trinajstić information content (AvgIpc) is 2.93. The molecule has 1 atom stereocenters. The van der Waals surface area contributed by atoms with E-state index >= 15 is 0 Å². The van der Waals surface area contributed by atoms with Gasteiger partial charge in [0.25, 0.3) is 0 Å². The van der Waals surface area contributed by atoms with Gasteiger partial charge in [-0.15, -0.1) is 0 Å². The van der Waals surface area contributed by atoms with E-state index in [1.54, 1.807) is 0 Å². The summed E-state index contributed by atoms with van der Waals surface area (Å²) in [6.45, 7) is 3.93. The maximum absolute atomic E-state index is 13.0. The van der Waals surface area contributed by atoms with Crippen LogP contribution in [-0.2, 0) is 12.1 Å². The predicted molar refractivity (Wildman–Crippen MR) is 150 cm³/mol. The fourth-order valence-electron chi connectivity index (χ4n) is 5.55. The molecule has 0 saturated heterocycles. The van der Waals surface area contributed by atoms with E-state index in [1.807, 2.05) is 67.6 Å². The lowest BCUT2D eigenvalue weighted by molar-refractivity contribution is 0.0470. The fourth-order valence-corrected chi connectivity index (χ4v) is 5.55. The molecule has 3 N–H and O–H groups in total. The van der Waals surface area contributed by atoms with Crippen molar-refractivity contribution in [3.8, 4) is 0 Å². The van der Waals surface area contributed by atoms with E-state index in [2.05, 4.69) is 52.9 Å². The van der Waals surface area contributed by atoms with Crippen LogP contribution in [0.4, 0.5) is 4.79 Å². The number of carbonyl (C=O) groups excluding carboxylic acids is 1. The largest absolute Gasteiger partial charge is 0.378 e. The zero-order valence-corrected chi connectivity index (χ0v) is 22.1. The van der Waals surface area contributed by atoms with Gasteiger partial charge in [-0.2, -0.15) is 0 Å². The molecular weight excluding hydrogens is 458 g/mol. The number of amides is 2. The molecule has 4 rings (SSSR count). The number of benzene rings is 3. The highest BCUT2D eigenvalue weighted by molar-refractivity contribution is 5.75. The normalized spacial score (nSPS) is 18.8. The van der Waals surface area contributed by atoms with Crippen LogP contribution in [0.5, 0.6) is 0 Å². The summed E-state index contributed by atoms with van der Waals surface area (Å²) in [6.07, 6.45) is 5.46. The number of urea groups is 1. The molecule has 0 radical (unpaired) electrons. The molecule has 196 valence electrons. The third-order valence-corrected chi connectivity index (χ3v) is 7.80. The van der Waals surface area contributed by atoms with Gasteiger partial charge in [0.05, 0.1) is 6.04 Å². The second-order valence-corrected chi connectivity index (χ2v) is 10.6. The number of rotatable bonds is 10. The molecule has 3 aromatic rings. The summed E-state index contributed by atoms with van der Waals surface area (Å²) in [5.41, 5.74) is 1.53. The van der Waals surface area contributed by atoms with Gasteiger partial charge in [0.15, 0.2) is 0 Å². The van der Waals surface area contributed by atoms with E-state index in [4.69, 9.17) is 0 Å². The predicted octanol–water partition coefficient (Wildman–Crippen LogP) is 5.69. The lowest BCUT2D eigenvalue weighted by Gasteiger charge is -2.36. The maximum atomic E-state index is 13.0. The van der Waals surface area contributed by atoms with Crippen molar-refractivity contribution in [2.75, 3.05) is 13.6 Å². The van der Waals surface area contributed by atoms with Crippen LogP contribution in [0.1, 0.15) is 55.7 Å². The van der Waals surface area contributed by atoms with Gasteiger partial charge in [-0.05, 0) is 75.2 Å². The first-order valence-electron chi connectivity index (χ1n) is 13.6. The van der Waals surface area contributed by atoms with E-state index < -0.39 is 11.6 Å². The van der Waals surface area contributed by atoms with Crippen LogP contribution in [0, 0.1) is 5.92 Å². The highest BCUT2D eigenvalue weighted by Crippen LogP contribution is 2.33. The monoisotopic (exact) mass is 499 g/mol. The van der Waals surface area contributed by atoms with Crippen LogP contribution in [0.3, 0.4) is 0 Å². The van der Waals surface area contributed by atoms with E-state index in [0.29, 0.717) is 5.92 Å². The van der Waals surface area contributed by atoms with Gasteiger partial charge in [0, 0.05) is 12.6 Å². The van der Waals surface area contributed by atoms with Crippen molar-refractivity contribution < 1.29 is 9.90 Å². The van der Waals surface area contributed by atoms with Crippen LogP contribution in [-0.4, -0.2) is 41.7 Å². The van der Waals surface area contributed by atoms with Crippen molar-refractivity contribution in [2.45, 2.75) is 63.3 Å². The van der Waals surface area contributed by atoms with Crippen molar-refractivity contribution in [2.24, 2.45) is 5.92 Å². The van der Waals surface area contributed by atoms with Crippen LogP contribution in [0.25, 0.3) is 0 Å². The molecule has 1 aliphatic rings. The third kappa shape index (κ3) is 7.21. The van der Waals surface area contributed by atoms with E-state index in [-0.39, 0.29) is 12.1 Å². The fraction of sp³-hybridized carbons (Fsp3) is 0.406. The van der Waals surface area contributed by atoms with Gasteiger partial charge in [0.1, 0.15) is 5.60 Å². The lowest BCUT2D eigenvalue weighted by Crippen LogP contribution is -2.54. The van der Waals surface area contributed by atoms with Crippen LogP contribution in [0.2, 0.25) is 0 Å². The number of hydrogen-bond acceptors (Lipinski definition) is 3. The van der Waals surface area contributed by atoms with Gasteiger partial charge in [-0.1, -0.05) is 91.0 Å². The Bertz CT molecular complexity index is 1040. The minimum atomic E-state index is -1.33. The molecule has 0 heterocycles. The molecule has 5 nitrogen and oxygen atoms in total. The minimum absolute atomic E-state index is 0.173. The zero-order chi connectivity index (χ0) is 26.1. The van der Waals surface area contributed by atoms with Crippen molar-refractivity contribution in [1.82, 2.24) is 15.5 Å². The highest BCUT2D eigenvalue weighted by Gasteiger charge is 2.38. The van der Waals surface area contributed by atoms with Gasteiger partial charge in [0.2, 0.25) is 0 Å². The molecular formula is C32H41N3O2. The molecule has 0 aromatic heterocycles. The number of nitrogens with one attached hydrogen (secondary N) is 2. The summed E-state index contributed by atoms with van der Waals surface area (Å²) in [5.74, 6) is 0.708. The molecule has 37 heavy (non-hydrogen) atoms. The van der Waals surface area contributed by atoms with Crippen molar-refractivity contribution in [3.63, 3.8) is 0 Å². The Labute approximate surface area is 221 Å². The summed E-state index contributed by atoms with van der Waals surface area (Å²) in [5, 5.41) is 18.1. The quantitative estimate of drug-likeness (QED) is 0.336. The van der Waals surface area contributed by atoms with Crippen molar-refractivity contribution >= 4 is 6.03 Å². The Morgan fingerprint density at radius 2 is 1.41 bits per heavy atom. The van der Waals surface area contributed by atoms with Gasteiger partial charge >= 0.3 is 6.03 Å². The first-order valence-corrected chi connectivity index (χ1v) is 13.6. The molecule has 5 heteroatoms. The molecule has 0 unspecified atom stereocenters. The minimum Gasteiger partial charge on any atom is -0.378 e. The molecule has 1 saturated carbocycles. The molecule has 1 aliphatic carbocycles. The Balaban J connectivity index is 1.25. The zero-order valence-electron chi connectivity index (χ0n) is 22.1. The third-order valence-electron chi connectivity index (χ3n) is 7.80. The summed E-state index contributed by atoms with van der Waals surface area (Å²) < 4.78 is 0. The van der Waals surface area contributed by atoms with Crippen LogP contribution >= 0.6 is 0 Å². The van der Waals surface area contributed by atoms with Crippen LogP contribution in [0.15, 0.2) is 91.0 Å². The summed E-state index contributed by atoms with van der Waals surface area (Å²) in [6, 6.07) is 29.2. The second-order valence-electron chi connectivity index (χ2n) is 10.6. The molecule has 0 aliphatic heterocycles.